The van der Waals surface area contributed by atoms with Gasteiger partial charge in [-0.2, -0.15) is 5.06 Å². The van der Waals surface area contributed by atoms with E-state index in [1.54, 1.807) is 0 Å². The maximum absolute atomic E-state index is 6.10. The second kappa shape index (κ2) is 4.76. The fourth-order valence-electron chi connectivity index (χ4n) is 3.39. The summed E-state index contributed by atoms with van der Waals surface area (Å²) in [7, 11) is 0.756. The molecule has 0 aromatic rings. The molecule has 6 unspecified atom stereocenters. The molecule has 3 saturated heterocycles. The molecule has 3 heterocycles. The summed E-state index contributed by atoms with van der Waals surface area (Å²) in [6.45, 7) is 16.2. The van der Waals surface area contributed by atoms with Crippen LogP contribution in [-0.2, 0) is 19.2 Å². The Balaban J connectivity index is 1.97. The van der Waals surface area contributed by atoms with Crippen molar-refractivity contribution in [3.8, 4) is 0 Å². The van der Waals surface area contributed by atoms with Crippen molar-refractivity contribution in [2.75, 3.05) is 0 Å². The van der Waals surface area contributed by atoms with E-state index in [1.807, 2.05) is 15.2 Å². The number of hydroxylamine groups is 6. The minimum absolute atomic E-state index is 0.159. The zero-order valence-electron chi connectivity index (χ0n) is 14.5. The van der Waals surface area contributed by atoms with E-state index >= 15 is 0 Å². The van der Waals surface area contributed by atoms with Gasteiger partial charge in [-0.1, -0.05) is 6.58 Å². The van der Waals surface area contributed by atoms with Crippen molar-refractivity contribution < 1.29 is 19.2 Å². The first-order valence-corrected chi connectivity index (χ1v) is 8.92. The number of rotatable bonds is 7. The fraction of sp³-hybridized carbons (Fsp3) is 0.857. The van der Waals surface area contributed by atoms with Crippen LogP contribution in [0, 0.1) is 0 Å². The first-order valence-electron chi connectivity index (χ1n) is 7.92. The van der Waals surface area contributed by atoms with Gasteiger partial charge in [0.2, 0.25) is 0 Å². The Hall–Kier alpha value is -0.483. The summed E-state index contributed by atoms with van der Waals surface area (Å²) in [4.78, 5) is 18.0. The van der Waals surface area contributed by atoms with Gasteiger partial charge in [0, 0.05) is 18.1 Å². The largest absolute Gasteiger partial charge is 0.451 e. The molecular weight excluding hydrogens is 302 g/mol. The van der Waals surface area contributed by atoms with E-state index in [4.69, 9.17) is 19.2 Å². The van der Waals surface area contributed by atoms with Crippen molar-refractivity contribution in [1.82, 2.24) is 15.2 Å². The van der Waals surface area contributed by atoms with Crippen LogP contribution in [0.15, 0.2) is 12.8 Å². The van der Waals surface area contributed by atoms with Gasteiger partial charge in [0.15, 0.2) is 5.35 Å². The van der Waals surface area contributed by atoms with Gasteiger partial charge in [0.1, 0.15) is 0 Å². The Morgan fingerprint density at radius 1 is 0.909 bits per heavy atom. The number of hydrogen-bond acceptors (Lipinski definition) is 7. The first-order chi connectivity index (χ1) is 10.2. The lowest BCUT2D eigenvalue weighted by Crippen LogP contribution is -2.56. The van der Waals surface area contributed by atoms with E-state index < -0.39 is 17.0 Å². The minimum atomic E-state index is -1.00. The third-order valence-corrected chi connectivity index (χ3v) is 5.66. The molecule has 0 aliphatic carbocycles. The third-order valence-electron chi connectivity index (χ3n) is 4.36. The first kappa shape index (κ1) is 16.4. The van der Waals surface area contributed by atoms with Gasteiger partial charge < -0.3 is 4.74 Å². The lowest BCUT2D eigenvalue weighted by Gasteiger charge is -2.24. The van der Waals surface area contributed by atoms with E-state index in [0.29, 0.717) is 0 Å². The van der Waals surface area contributed by atoms with Crippen LogP contribution in [-0.4, -0.2) is 60.5 Å². The summed E-state index contributed by atoms with van der Waals surface area (Å²) in [5, 5.41) is 5.22. The average Bonchev–Trinajstić information content (AvgIpc) is 3.26. The van der Waals surface area contributed by atoms with E-state index in [1.165, 1.54) is 6.26 Å². The molecule has 0 radical (unpaired) electrons. The predicted molar refractivity (Wildman–Crippen MR) is 83.6 cm³/mol. The second-order valence-electron chi connectivity index (χ2n) is 7.03. The zero-order chi connectivity index (χ0) is 16.5. The molecule has 3 rings (SSSR count). The lowest BCUT2D eigenvalue weighted by atomic mass is 10.1. The molecule has 0 amide bonds. The van der Waals surface area contributed by atoms with Crippen LogP contribution in [0.5, 0.6) is 0 Å². The molecule has 0 N–H and O–H groups in total. The quantitative estimate of drug-likeness (QED) is 0.382. The summed E-state index contributed by atoms with van der Waals surface area (Å²) in [6.07, 6.45) is 1.41. The van der Waals surface area contributed by atoms with Crippen LogP contribution in [0.4, 0.5) is 0 Å². The third kappa shape index (κ3) is 1.83. The Morgan fingerprint density at radius 2 is 1.45 bits per heavy atom. The van der Waals surface area contributed by atoms with Crippen LogP contribution in [0.25, 0.3) is 0 Å². The Morgan fingerprint density at radius 3 is 1.77 bits per heavy atom. The van der Waals surface area contributed by atoms with E-state index in [-0.39, 0.29) is 18.1 Å². The highest BCUT2D eigenvalue weighted by Gasteiger charge is 2.95. The van der Waals surface area contributed by atoms with Gasteiger partial charge in [0.25, 0.3) is 5.72 Å². The van der Waals surface area contributed by atoms with Crippen LogP contribution in [0.2, 0.25) is 0 Å². The number of ether oxygens (including phenoxy) is 1. The second-order valence-corrected chi connectivity index (χ2v) is 8.38. The average molecular weight is 329 g/mol. The van der Waals surface area contributed by atoms with Crippen molar-refractivity contribution in [2.45, 2.75) is 76.7 Å². The molecule has 3 aliphatic heterocycles. The molecule has 22 heavy (non-hydrogen) atoms. The Labute approximate surface area is 135 Å². The highest BCUT2D eigenvalue weighted by atomic mass is 28.1. The van der Waals surface area contributed by atoms with Gasteiger partial charge in [-0.05, 0) is 41.5 Å². The van der Waals surface area contributed by atoms with Crippen LogP contribution >= 0.6 is 0 Å². The van der Waals surface area contributed by atoms with E-state index in [0.717, 1.165) is 10.2 Å². The van der Waals surface area contributed by atoms with Gasteiger partial charge in [-0.15, -0.1) is 10.1 Å². The molecule has 0 aromatic heterocycles. The van der Waals surface area contributed by atoms with Crippen molar-refractivity contribution in [3.05, 3.63) is 12.8 Å². The maximum Gasteiger partial charge on any atom is 0.364 e. The molecule has 8 heteroatoms. The van der Waals surface area contributed by atoms with Gasteiger partial charge >= 0.3 is 5.91 Å². The lowest BCUT2D eigenvalue weighted by molar-refractivity contribution is -0.0711. The normalized spacial score (nSPS) is 49.8. The maximum atomic E-state index is 6.10. The SMILES string of the molecule is C=COC1(C2(C3([SiH3])ON3C(C)C)ON2C(C)C)ON1C(C)C. The molecule has 6 atom stereocenters. The highest BCUT2D eigenvalue weighted by molar-refractivity contribution is 6.16. The summed E-state index contributed by atoms with van der Waals surface area (Å²) >= 11 is 0. The Bertz CT molecular complexity index is 491. The molecular formula is C14H27N3O4Si. The Kier molecular flexibility index (Phi) is 3.54. The standard InChI is InChI=1S/C14H27N3O4Si/c1-8-18-13(16(20-13)10(4)5)12(15(19-12)9(2)3)14(22)17(21-14)11(6)7/h8-11H,1H2,2-7,22H3. The molecule has 3 fully saturated rings. The smallest absolute Gasteiger partial charge is 0.364 e. The molecule has 0 spiro atoms. The van der Waals surface area contributed by atoms with Crippen molar-refractivity contribution in [3.63, 3.8) is 0 Å². The summed E-state index contributed by atoms with van der Waals surface area (Å²) in [5.41, 5.74) is -0.789. The van der Waals surface area contributed by atoms with Crippen molar-refractivity contribution in [2.24, 2.45) is 0 Å². The highest BCUT2D eigenvalue weighted by Crippen LogP contribution is 2.67. The summed E-state index contributed by atoms with van der Waals surface area (Å²) < 4.78 is 5.83. The van der Waals surface area contributed by atoms with E-state index in [9.17, 15) is 0 Å². The summed E-state index contributed by atoms with van der Waals surface area (Å²) in [5.74, 6) is -1.00. The number of nitrogens with zero attached hydrogens (tertiary/aromatic N) is 3. The minimum Gasteiger partial charge on any atom is -0.451 e. The zero-order valence-corrected chi connectivity index (χ0v) is 16.5. The van der Waals surface area contributed by atoms with Gasteiger partial charge in [-0.3, -0.25) is 9.68 Å². The van der Waals surface area contributed by atoms with Crippen LogP contribution in [0.1, 0.15) is 41.5 Å². The fourth-order valence-corrected chi connectivity index (χ4v) is 4.73. The van der Waals surface area contributed by atoms with Crippen molar-refractivity contribution >= 4 is 10.2 Å². The molecule has 0 aromatic carbocycles. The molecule has 0 bridgehead atoms. The van der Waals surface area contributed by atoms with Gasteiger partial charge in [0.05, 0.1) is 16.5 Å². The van der Waals surface area contributed by atoms with Crippen molar-refractivity contribution in [1.29, 1.82) is 0 Å². The number of hydrogen-bond donors (Lipinski definition) is 0. The van der Waals surface area contributed by atoms with Gasteiger partial charge in [-0.25, -0.2) is 4.84 Å². The van der Waals surface area contributed by atoms with Crippen LogP contribution < -0.4 is 0 Å². The van der Waals surface area contributed by atoms with E-state index in [2.05, 4.69) is 48.1 Å². The predicted octanol–water partition coefficient (Wildman–Crippen LogP) is 0.483. The topological polar surface area (TPSA) is 55.8 Å². The molecule has 7 nitrogen and oxygen atoms in total. The monoisotopic (exact) mass is 329 g/mol. The molecule has 126 valence electrons. The summed E-state index contributed by atoms with van der Waals surface area (Å²) in [6, 6.07) is 0.610. The molecule has 0 saturated carbocycles. The van der Waals surface area contributed by atoms with Crippen LogP contribution in [0.3, 0.4) is 0 Å². The molecule has 3 aliphatic rings.